The van der Waals surface area contributed by atoms with E-state index in [1.807, 2.05) is 0 Å². The molecule has 0 bridgehead atoms. The summed E-state index contributed by atoms with van der Waals surface area (Å²) in [5, 5.41) is 0. The molecular formula is C69H69N3. The van der Waals surface area contributed by atoms with E-state index in [-0.39, 0.29) is 0 Å². The van der Waals surface area contributed by atoms with E-state index in [0.29, 0.717) is 0 Å². The molecule has 9 aromatic rings. The zero-order valence-corrected chi connectivity index (χ0v) is 44.9. The van der Waals surface area contributed by atoms with Gasteiger partial charge in [0, 0.05) is 39.8 Å². The smallest absolute Gasteiger partial charge is 0.0743 e. The van der Waals surface area contributed by atoms with Gasteiger partial charge in [-0.1, -0.05) is 102 Å². The minimum Gasteiger partial charge on any atom is -0.310 e. The first kappa shape index (κ1) is 48.0. The number of hydrogen-bond acceptors (Lipinski definition) is 3. The van der Waals surface area contributed by atoms with Crippen molar-refractivity contribution < 1.29 is 0 Å². The summed E-state index contributed by atoms with van der Waals surface area (Å²) in [6, 6.07) is 63.2. The first-order valence-corrected chi connectivity index (χ1v) is 25.7. The van der Waals surface area contributed by atoms with E-state index in [2.05, 4.69) is 275 Å². The van der Waals surface area contributed by atoms with Crippen molar-refractivity contribution in [1.29, 1.82) is 0 Å². The average molecular weight is 940 g/mol. The molecule has 0 unspecified atom stereocenters. The Hall–Kier alpha value is -7.62. The largest absolute Gasteiger partial charge is 0.310 e. The van der Waals surface area contributed by atoms with Crippen molar-refractivity contribution in [2.45, 2.75) is 102 Å². The first-order valence-electron chi connectivity index (χ1n) is 25.7. The maximum absolute atomic E-state index is 2.52. The quantitative estimate of drug-likeness (QED) is 0.143. The molecular weight excluding hydrogens is 871 g/mol. The van der Waals surface area contributed by atoms with E-state index in [9.17, 15) is 0 Å². The topological polar surface area (TPSA) is 9.72 Å². The van der Waals surface area contributed by atoms with Crippen LogP contribution >= 0.6 is 0 Å². The molecule has 10 rings (SSSR count). The third-order valence-corrected chi connectivity index (χ3v) is 15.9. The van der Waals surface area contributed by atoms with Gasteiger partial charge in [0.15, 0.2) is 0 Å². The lowest BCUT2D eigenvalue weighted by Crippen LogP contribution is -2.38. The van der Waals surface area contributed by atoms with Crippen LogP contribution in [0.15, 0.2) is 164 Å². The number of anilines is 9. The van der Waals surface area contributed by atoms with Crippen LogP contribution in [0.4, 0.5) is 51.2 Å². The molecule has 9 aromatic carbocycles. The predicted molar refractivity (Wildman–Crippen MR) is 309 cm³/mol. The number of para-hydroxylation sites is 1. The van der Waals surface area contributed by atoms with Gasteiger partial charge in [0.25, 0.3) is 0 Å². The van der Waals surface area contributed by atoms with Crippen molar-refractivity contribution >= 4 is 51.2 Å². The van der Waals surface area contributed by atoms with Crippen LogP contribution in [0.2, 0.25) is 0 Å². The second-order valence-electron chi connectivity index (χ2n) is 21.1. The molecule has 0 atom stereocenters. The van der Waals surface area contributed by atoms with Crippen LogP contribution in [0, 0.1) is 96.9 Å². The summed E-state index contributed by atoms with van der Waals surface area (Å²) in [6.45, 7) is 31.3. The molecule has 360 valence electrons. The van der Waals surface area contributed by atoms with Gasteiger partial charge in [-0.2, -0.15) is 0 Å². The summed E-state index contributed by atoms with van der Waals surface area (Å²) >= 11 is 0. The van der Waals surface area contributed by atoms with Gasteiger partial charge in [-0.25, -0.2) is 0 Å². The van der Waals surface area contributed by atoms with E-state index < -0.39 is 5.41 Å². The Morgan fingerprint density at radius 1 is 0.292 bits per heavy atom. The number of benzene rings is 9. The number of nitrogens with zero attached hydrogens (tertiary/aromatic N) is 3. The molecule has 0 aromatic heterocycles. The molecule has 0 spiro atoms. The fraction of sp³-hybridized carbons (Fsp3) is 0.217. The maximum atomic E-state index is 2.52. The van der Waals surface area contributed by atoms with Crippen molar-refractivity contribution in [3.63, 3.8) is 0 Å². The van der Waals surface area contributed by atoms with Gasteiger partial charge >= 0.3 is 0 Å². The maximum Gasteiger partial charge on any atom is 0.0743 e. The third-order valence-electron chi connectivity index (χ3n) is 15.9. The van der Waals surface area contributed by atoms with Gasteiger partial charge in [0.2, 0.25) is 0 Å². The normalized spacial score (nSPS) is 12.7. The van der Waals surface area contributed by atoms with Crippen LogP contribution in [0.25, 0.3) is 0 Å². The lowest BCUT2D eigenvalue weighted by molar-refractivity contribution is 0.730. The second-order valence-corrected chi connectivity index (χ2v) is 21.1. The zero-order valence-electron chi connectivity index (χ0n) is 44.9. The molecule has 0 saturated carbocycles. The summed E-state index contributed by atoms with van der Waals surface area (Å²) in [5.41, 5.74) is 32.2. The molecule has 72 heavy (non-hydrogen) atoms. The minimum absolute atomic E-state index is 0.782. The van der Waals surface area contributed by atoms with Crippen LogP contribution in [0.1, 0.15) is 100 Å². The number of rotatable bonds is 9. The molecule has 0 fully saturated rings. The van der Waals surface area contributed by atoms with Crippen molar-refractivity contribution in [2.24, 2.45) is 0 Å². The lowest BCUT2D eigenvalue weighted by Gasteiger charge is -2.47. The fourth-order valence-corrected chi connectivity index (χ4v) is 11.5. The molecule has 0 saturated heterocycles. The number of aryl methyl sites for hydroxylation is 14. The molecule has 3 heteroatoms. The molecule has 3 nitrogen and oxygen atoms in total. The van der Waals surface area contributed by atoms with Gasteiger partial charge < -0.3 is 14.7 Å². The zero-order chi connectivity index (χ0) is 50.9. The fourth-order valence-electron chi connectivity index (χ4n) is 11.5. The van der Waals surface area contributed by atoms with Crippen molar-refractivity contribution in [1.82, 2.24) is 0 Å². The van der Waals surface area contributed by atoms with E-state index in [4.69, 9.17) is 0 Å². The van der Waals surface area contributed by atoms with Crippen molar-refractivity contribution in [2.75, 3.05) is 14.7 Å². The van der Waals surface area contributed by atoms with Crippen LogP contribution in [0.3, 0.4) is 0 Å². The second kappa shape index (κ2) is 18.5. The molecule has 1 aliphatic rings. The molecule has 0 N–H and O–H groups in total. The summed E-state index contributed by atoms with van der Waals surface area (Å²) in [6.07, 6.45) is 0. The Morgan fingerprint density at radius 3 is 1.10 bits per heavy atom. The third kappa shape index (κ3) is 8.10. The number of fused-ring (bicyclic) bond motifs is 2. The van der Waals surface area contributed by atoms with Crippen LogP contribution in [0.5, 0.6) is 0 Å². The molecule has 1 aliphatic heterocycles. The summed E-state index contributed by atoms with van der Waals surface area (Å²) in [7, 11) is 0. The summed E-state index contributed by atoms with van der Waals surface area (Å²) in [5.74, 6) is 0. The van der Waals surface area contributed by atoms with Gasteiger partial charge in [-0.3, -0.25) is 0 Å². The van der Waals surface area contributed by atoms with E-state index >= 15 is 0 Å². The van der Waals surface area contributed by atoms with E-state index in [0.717, 1.165) is 28.4 Å². The highest BCUT2D eigenvalue weighted by Crippen LogP contribution is 2.59. The van der Waals surface area contributed by atoms with Gasteiger partial charge in [-0.15, -0.1) is 0 Å². The van der Waals surface area contributed by atoms with Crippen LogP contribution < -0.4 is 14.7 Å². The Morgan fingerprint density at radius 2 is 0.667 bits per heavy atom. The molecule has 1 heterocycles. The van der Waals surface area contributed by atoms with Crippen molar-refractivity contribution in [3.05, 3.63) is 264 Å². The number of hydrogen-bond donors (Lipinski definition) is 0. The first-order chi connectivity index (χ1) is 34.5. The predicted octanol–water partition coefficient (Wildman–Crippen LogP) is 19.1. The molecule has 0 radical (unpaired) electrons. The highest BCUT2D eigenvalue weighted by molar-refractivity contribution is 5.91. The standard InChI is InChI=1S/C69H69N3/c1-42-25-28-58(29-26-42)70-63-24-16-15-23-61(63)69(62-31-43(2)27-30-64(62)70,56-19-17-21-59(40-56)71(65-36-48(7)44(3)32-52(65)11)66-37-49(8)45(4)33-53(66)12)57-20-18-22-60(41-57)72(67-38-50(9)46(5)34-54(67)13)68-39-51(10)47(6)35-55(68)14/h15-41H,1-14H3. The highest BCUT2D eigenvalue weighted by atomic mass is 15.2. The monoisotopic (exact) mass is 940 g/mol. The highest BCUT2D eigenvalue weighted by Gasteiger charge is 2.47. The van der Waals surface area contributed by atoms with Gasteiger partial charge in [0.05, 0.1) is 16.8 Å². The SMILES string of the molecule is Cc1ccc(N2c3ccccc3C(c3cccc(N(c4cc(C)c(C)cc4C)c4cc(C)c(C)cc4C)c3)(c3cccc(N(c4cc(C)c(C)cc4C)c4cc(C)c(C)cc4C)c3)c3cc(C)ccc32)cc1. The Balaban J connectivity index is 1.33. The summed E-state index contributed by atoms with van der Waals surface area (Å²) in [4.78, 5) is 7.53. The Labute approximate surface area is 430 Å². The Bertz CT molecular complexity index is 3310. The van der Waals surface area contributed by atoms with Crippen LogP contribution in [-0.4, -0.2) is 0 Å². The Kier molecular flexibility index (Phi) is 12.4. The summed E-state index contributed by atoms with van der Waals surface area (Å²) < 4.78 is 0. The van der Waals surface area contributed by atoms with E-state index in [1.54, 1.807) is 0 Å². The minimum atomic E-state index is -0.782. The lowest BCUT2D eigenvalue weighted by atomic mass is 9.62. The van der Waals surface area contributed by atoms with E-state index in [1.165, 1.54) is 123 Å². The average Bonchev–Trinajstić information content (AvgIpc) is 3.35. The van der Waals surface area contributed by atoms with Gasteiger partial charge in [0.1, 0.15) is 0 Å². The van der Waals surface area contributed by atoms with Crippen LogP contribution in [-0.2, 0) is 5.41 Å². The molecule has 0 amide bonds. The van der Waals surface area contributed by atoms with Gasteiger partial charge in [-0.05, 0) is 259 Å². The van der Waals surface area contributed by atoms with Crippen molar-refractivity contribution in [3.8, 4) is 0 Å². The molecule has 0 aliphatic carbocycles.